The highest BCUT2D eigenvalue weighted by Gasteiger charge is 2.06. The molecule has 0 spiro atoms. The number of aromatic nitrogens is 2. The number of benzene rings is 1. The molecule has 6 heteroatoms. The van der Waals surface area contributed by atoms with Crippen LogP contribution in [0.1, 0.15) is 5.56 Å². The van der Waals surface area contributed by atoms with Gasteiger partial charge in [0.05, 0.1) is 8.95 Å². The van der Waals surface area contributed by atoms with E-state index < -0.39 is 0 Å². The van der Waals surface area contributed by atoms with E-state index in [9.17, 15) is 4.39 Å². The van der Waals surface area contributed by atoms with Crippen LogP contribution in [0.5, 0.6) is 0 Å². The minimum Gasteiger partial charge on any atom is -0.324 e. The Morgan fingerprint density at radius 2 is 1.82 bits per heavy atom. The zero-order chi connectivity index (χ0) is 12.4. The summed E-state index contributed by atoms with van der Waals surface area (Å²) < 4.78 is 14.6. The van der Waals surface area contributed by atoms with Crippen molar-refractivity contribution >= 4 is 43.5 Å². The van der Waals surface area contributed by atoms with E-state index in [1.54, 1.807) is 18.5 Å². The molecule has 88 valence electrons. The molecule has 2 rings (SSSR count). The average molecular weight is 361 g/mol. The van der Waals surface area contributed by atoms with E-state index in [1.807, 2.05) is 6.92 Å². The molecule has 3 nitrogen and oxygen atoms in total. The monoisotopic (exact) mass is 359 g/mol. The molecule has 0 amide bonds. The standard InChI is InChI=1S/C11H8Br2FN3/c1-6-2-8(13)9(14)3-10(6)17-11-15-4-7(12)5-16-11/h2-5H,1H3,(H,15,16,17). The number of hydrogen-bond donors (Lipinski definition) is 1. The first-order chi connectivity index (χ1) is 8.06. The van der Waals surface area contributed by atoms with E-state index in [0.717, 1.165) is 10.0 Å². The molecule has 0 aliphatic carbocycles. The van der Waals surface area contributed by atoms with E-state index in [4.69, 9.17) is 0 Å². The zero-order valence-electron chi connectivity index (χ0n) is 8.84. The molecule has 0 bridgehead atoms. The highest BCUT2D eigenvalue weighted by atomic mass is 79.9. The van der Waals surface area contributed by atoms with Crippen LogP contribution in [-0.2, 0) is 0 Å². The van der Waals surface area contributed by atoms with Gasteiger partial charge in [0.1, 0.15) is 5.82 Å². The Morgan fingerprint density at radius 3 is 2.47 bits per heavy atom. The van der Waals surface area contributed by atoms with Gasteiger partial charge in [-0.2, -0.15) is 0 Å². The molecule has 0 atom stereocenters. The molecule has 0 saturated carbocycles. The van der Waals surface area contributed by atoms with Crippen LogP contribution < -0.4 is 5.32 Å². The second kappa shape index (κ2) is 5.10. The van der Waals surface area contributed by atoms with Crippen LogP contribution in [0.15, 0.2) is 33.5 Å². The summed E-state index contributed by atoms with van der Waals surface area (Å²) in [4.78, 5) is 8.13. The fraction of sp³-hybridized carbons (Fsp3) is 0.0909. The molecule has 0 unspecified atom stereocenters. The maximum Gasteiger partial charge on any atom is 0.227 e. The van der Waals surface area contributed by atoms with Gasteiger partial charge >= 0.3 is 0 Å². The number of nitrogens with zero attached hydrogens (tertiary/aromatic N) is 2. The largest absolute Gasteiger partial charge is 0.324 e. The molecule has 1 aromatic heterocycles. The van der Waals surface area contributed by atoms with Crippen molar-refractivity contribution < 1.29 is 4.39 Å². The van der Waals surface area contributed by atoms with Crippen LogP contribution in [0.25, 0.3) is 0 Å². The lowest BCUT2D eigenvalue weighted by atomic mass is 10.2. The Balaban J connectivity index is 2.30. The second-order valence-electron chi connectivity index (χ2n) is 3.43. The van der Waals surface area contributed by atoms with Crippen LogP contribution in [0.3, 0.4) is 0 Å². The molecule has 0 fully saturated rings. The summed E-state index contributed by atoms with van der Waals surface area (Å²) in [6.45, 7) is 1.88. The van der Waals surface area contributed by atoms with E-state index in [2.05, 4.69) is 47.1 Å². The van der Waals surface area contributed by atoms with E-state index in [1.165, 1.54) is 6.07 Å². The number of rotatable bonds is 2. The quantitative estimate of drug-likeness (QED) is 0.872. The molecular weight excluding hydrogens is 353 g/mol. The first-order valence-electron chi connectivity index (χ1n) is 4.76. The molecule has 1 heterocycles. The summed E-state index contributed by atoms with van der Waals surface area (Å²) in [5.41, 5.74) is 1.55. The predicted molar refractivity (Wildman–Crippen MR) is 71.9 cm³/mol. The molecule has 17 heavy (non-hydrogen) atoms. The van der Waals surface area contributed by atoms with Gasteiger partial charge in [0.2, 0.25) is 5.95 Å². The second-order valence-corrected chi connectivity index (χ2v) is 5.20. The number of hydrogen-bond acceptors (Lipinski definition) is 3. The topological polar surface area (TPSA) is 37.8 Å². The van der Waals surface area contributed by atoms with Crippen LogP contribution in [0.4, 0.5) is 16.0 Å². The minimum absolute atomic E-state index is 0.324. The van der Waals surface area contributed by atoms with Crippen molar-refractivity contribution in [3.63, 3.8) is 0 Å². The van der Waals surface area contributed by atoms with Gasteiger partial charge in [-0.15, -0.1) is 0 Å². The van der Waals surface area contributed by atoms with Gasteiger partial charge < -0.3 is 5.32 Å². The highest BCUT2D eigenvalue weighted by Crippen LogP contribution is 2.25. The summed E-state index contributed by atoms with van der Waals surface area (Å²) in [5, 5.41) is 2.96. The molecule has 0 radical (unpaired) electrons. The van der Waals surface area contributed by atoms with Crippen LogP contribution >= 0.6 is 31.9 Å². The van der Waals surface area contributed by atoms with E-state index in [0.29, 0.717) is 16.1 Å². The molecule has 1 aromatic carbocycles. The fourth-order valence-corrected chi connectivity index (χ4v) is 1.94. The van der Waals surface area contributed by atoms with Gasteiger partial charge in [-0.05, 0) is 56.5 Å². The van der Waals surface area contributed by atoms with Crippen molar-refractivity contribution in [3.8, 4) is 0 Å². The average Bonchev–Trinajstić information content (AvgIpc) is 2.29. The Hall–Kier alpha value is -1.01. The third-order valence-electron chi connectivity index (χ3n) is 2.13. The summed E-state index contributed by atoms with van der Waals surface area (Å²) in [7, 11) is 0. The summed E-state index contributed by atoms with van der Waals surface area (Å²) in [6.07, 6.45) is 3.25. The molecule has 0 aliphatic rings. The fourth-order valence-electron chi connectivity index (χ4n) is 1.28. The van der Waals surface area contributed by atoms with Gasteiger partial charge in [-0.3, -0.25) is 0 Å². The molecule has 2 aromatic rings. The normalized spacial score (nSPS) is 10.4. The Morgan fingerprint density at radius 1 is 1.18 bits per heavy atom. The van der Waals surface area contributed by atoms with Crippen LogP contribution in [0.2, 0.25) is 0 Å². The SMILES string of the molecule is Cc1cc(Br)c(F)cc1Nc1ncc(Br)cn1. The first-order valence-corrected chi connectivity index (χ1v) is 6.35. The van der Waals surface area contributed by atoms with Gasteiger partial charge in [0.15, 0.2) is 0 Å². The Kier molecular flexibility index (Phi) is 3.73. The van der Waals surface area contributed by atoms with Crippen LogP contribution in [0, 0.1) is 12.7 Å². The van der Waals surface area contributed by atoms with Gasteiger partial charge in [0.25, 0.3) is 0 Å². The molecular formula is C11H8Br2FN3. The smallest absolute Gasteiger partial charge is 0.227 e. The van der Waals surface area contributed by atoms with Crippen LogP contribution in [-0.4, -0.2) is 9.97 Å². The van der Waals surface area contributed by atoms with Gasteiger partial charge in [-0.25, -0.2) is 14.4 Å². The lowest BCUT2D eigenvalue weighted by Gasteiger charge is -2.08. The van der Waals surface area contributed by atoms with Gasteiger partial charge in [-0.1, -0.05) is 0 Å². The summed E-state index contributed by atoms with van der Waals surface area (Å²) >= 11 is 6.38. The Bertz CT molecular complexity index is 543. The number of anilines is 2. The predicted octanol–water partition coefficient (Wildman–Crippen LogP) is 4.19. The van der Waals surface area contributed by atoms with Gasteiger partial charge in [0, 0.05) is 18.1 Å². The molecule has 1 N–H and O–H groups in total. The highest BCUT2D eigenvalue weighted by molar-refractivity contribution is 9.10. The minimum atomic E-state index is -0.324. The zero-order valence-corrected chi connectivity index (χ0v) is 12.0. The lowest BCUT2D eigenvalue weighted by molar-refractivity contribution is 0.621. The van der Waals surface area contributed by atoms with E-state index in [-0.39, 0.29) is 5.82 Å². The summed E-state index contributed by atoms with van der Waals surface area (Å²) in [6, 6.07) is 3.11. The third kappa shape index (κ3) is 3.01. The molecule has 0 aliphatic heterocycles. The maximum atomic E-state index is 13.4. The maximum absolute atomic E-state index is 13.4. The Labute approximate surface area is 115 Å². The number of halogens is 3. The van der Waals surface area contributed by atoms with Crippen molar-refractivity contribution in [2.45, 2.75) is 6.92 Å². The summed E-state index contributed by atoms with van der Waals surface area (Å²) in [5.74, 6) is 0.105. The first kappa shape index (κ1) is 12.4. The van der Waals surface area contributed by atoms with Crippen molar-refractivity contribution in [2.24, 2.45) is 0 Å². The van der Waals surface area contributed by atoms with Crippen molar-refractivity contribution in [1.29, 1.82) is 0 Å². The number of nitrogens with one attached hydrogen (secondary N) is 1. The third-order valence-corrected chi connectivity index (χ3v) is 3.15. The lowest BCUT2D eigenvalue weighted by Crippen LogP contribution is -1.99. The van der Waals surface area contributed by atoms with Crippen molar-refractivity contribution in [1.82, 2.24) is 9.97 Å². The molecule has 0 saturated heterocycles. The number of aryl methyl sites for hydroxylation is 1. The van der Waals surface area contributed by atoms with Crippen molar-refractivity contribution in [2.75, 3.05) is 5.32 Å². The van der Waals surface area contributed by atoms with Crippen molar-refractivity contribution in [3.05, 3.63) is 44.9 Å². The van der Waals surface area contributed by atoms with E-state index >= 15 is 0 Å².